The van der Waals surface area contributed by atoms with Gasteiger partial charge in [-0.1, -0.05) is 12.2 Å². The molecule has 0 bridgehead atoms. The summed E-state index contributed by atoms with van der Waals surface area (Å²) >= 11 is 0. The first-order chi connectivity index (χ1) is 4.74. The second-order valence-corrected chi connectivity index (χ2v) is 2.53. The van der Waals surface area contributed by atoms with Crippen LogP contribution in [0.2, 0.25) is 0 Å². The zero-order chi connectivity index (χ0) is 7.56. The van der Waals surface area contributed by atoms with Crippen molar-refractivity contribution in [3.05, 3.63) is 12.2 Å². The Balaban J connectivity index is 2.43. The summed E-state index contributed by atoms with van der Waals surface area (Å²) in [5.74, 6) is 0.0170. The van der Waals surface area contributed by atoms with Crippen LogP contribution in [0.4, 0.5) is 0 Å². The van der Waals surface area contributed by atoms with E-state index in [2.05, 4.69) is 6.58 Å². The molecule has 10 heavy (non-hydrogen) atoms. The molecule has 1 aliphatic rings. The quantitative estimate of drug-likeness (QED) is 0.505. The maximum absolute atomic E-state index is 8.93. The van der Waals surface area contributed by atoms with Gasteiger partial charge >= 0.3 is 0 Å². The Hall–Kier alpha value is -0.380. The zero-order valence-corrected chi connectivity index (χ0v) is 5.79. The second-order valence-electron chi connectivity index (χ2n) is 2.53. The summed E-state index contributed by atoms with van der Waals surface area (Å²) in [6.07, 6.45) is -0.263. The summed E-state index contributed by atoms with van der Waals surface area (Å²) in [7, 11) is 0. The molecule has 1 fully saturated rings. The number of rotatable bonds is 1. The molecule has 1 saturated heterocycles. The number of hydrogen-bond donors (Lipinski definition) is 2. The molecule has 1 heterocycles. The third-order valence-electron chi connectivity index (χ3n) is 1.72. The molecule has 2 N–H and O–H groups in total. The van der Waals surface area contributed by atoms with Crippen molar-refractivity contribution in [2.75, 3.05) is 13.2 Å². The Labute approximate surface area is 59.9 Å². The van der Waals surface area contributed by atoms with E-state index >= 15 is 0 Å². The summed E-state index contributed by atoms with van der Waals surface area (Å²) in [6.45, 7) is 4.16. The zero-order valence-electron chi connectivity index (χ0n) is 5.79. The molecular formula is C7H12O3. The second kappa shape index (κ2) is 3.14. The summed E-state index contributed by atoms with van der Waals surface area (Å²) in [4.78, 5) is 0. The van der Waals surface area contributed by atoms with Crippen LogP contribution in [0.3, 0.4) is 0 Å². The number of hydrogen-bond acceptors (Lipinski definition) is 3. The van der Waals surface area contributed by atoms with Gasteiger partial charge in [0, 0.05) is 12.3 Å². The molecule has 0 aromatic heterocycles. The fourth-order valence-corrected chi connectivity index (χ4v) is 0.977. The highest BCUT2D eigenvalue weighted by Gasteiger charge is 2.22. The topological polar surface area (TPSA) is 49.7 Å². The molecular weight excluding hydrogens is 132 g/mol. The Morgan fingerprint density at radius 2 is 2.40 bits per heavy atom. The van der Waals surface area contributed by atoms with Gasteiger partial charge in [-0.3, -0.25) is 0 Å². The lowest BCUT2D eigenvalue weighted by molar-refractivity contribution is -0.127. The molecule has 0 aliphatic carbocycles. The normalized spacial score (nSPS) is 34.4. The van der Waals surface area contributed by atoms with E-state index in [1.54, 1.807) is 0 Å². The maximum Gasteiger partial charge on any atom is 0.158 e. The van der Waals surface area contributed by atoms with Crippen LogP contribution in [0.25, 0.3) is 0 Å². The van der Waals surface area contributed by atoms with E-state index in [4.69, 9.17) is 14.9 Å². The van der Waals surface area contributed by atoms with Crippen molar-refractivity contribution in [2.45, 2.75) is 12.7 Å². The van der Waals surface area contributed by atoms with Crippen LogP contribution in [-0.2, 0) is 4.74 Å². The summed E-state index contributed by atoms with van der Waals surface area (Å²) in [5.41, 5.74) is 0.876. The van der Waals surface area contributed by atoms with Crippen molar-refractivity contribution in [1.82, 2.24) is 0 Å². The molecule has 3 heteroatoms. The lowest BCUT2D eigenvalue weighted by Crippen LogP contribution is -2.29. The first kappa shape index (κ1) is 7.72. The SMILES string of the molecule is C=C1C[C@@H](O)OC[C@@H]1CO. The highest BCUT2D eigenvalue weighted by molar-refractivity contribution is 5.03. The molecule has 0 unspecified atom stereocenters. The van der Waals surface area contributed by atoms with E-state index in [0.717, 1.165) is 5.57 Å². The van der Waals surface area contributed by atoms with E-state index in [1.165, 1.54) is 0 Å². The molecule has 0 aromatic rings. The highest BCUT2D eigenvalue weighted by Crippen LogP contribution is 2.21. The molecule has 0 aromatic carbocycles. The fourth-order valence-electron chi connectivity index (χ4n) is 0.977. The summed E-state index contributed by atoms with van der Waals surface area (Å²) in [6, 6.07) is 0. The fraction of sp³-hybridized carbons (Fsp3) is 0.714. The van der Waals surface area contributed by atoms with Gasteiger partial charge in [-0.2, -0.15) is 0 Å². The van der Waals surface area contributed by atoms with Gasteiger partial charge in [-0.05, 0) is 0 Å². The number of ether oxygens (including phenoxy) is 1. The van der Waals surface area contributed by atoms with Crippen LogP contribution in [0.1, 0.15) is 6.42 Å². The summed E-state index contributed by atoms with van der Waals surface area (Å²) in [5, 5.41) is 17.7. The number of aliphatic hydroxyl groups excluding tert-OH is 2. The molecule has 0 saturated carbocycles. The molecule has 3 nitrogen and oxygen atoms in total. The minimum Gasteiger partial charge on any atom is -0.396 e. The van der Waals surface area contributed by atoms with Gasteiger partial charge < -0.3 is 14.9 Å². The minimum absolute atomic E-state index is 0.0170. The van der Waals surface area contributed by atoms with Crippen LogP contribution in [-0.4, -0.2) is 29.7 Å². The molecule has 0 radical (unpaired) electrons. The smallest absolute Gasteiger partial charge is 0.158 e. The van der Waals surface area contributed by atoms with Gasteiger partial charge in [-0.15, -0.1) is 0 Å². The van der Waals surface area contributed by atoms with Crippen molar-refractivity contribution < 1.29 is 14.9 Å². The molecule has 0 amide bonds. The minimum atomic E-state index is -0.713. The largest absolute Gasteiger partial charge is 0.396 e. The van der Waals surface area contributed by atoms with Crippen LogP contribution in [0, 0.1) is 5.92 Å². The Morgan fingerprint density at radius 1 is 1.70 bits per heavy atom. The van der Waals surface area contributed by atoms with Crippen molar-refractivity contribution in [3.8, 4) is 0 Å². The Bertz CT molecular complexity index is 133. The molecule has 1 aliphatic heterocycles. The number of aliphatic hydroxyl groups is 2. The van der Waals surface area contributed by atoms with E-state index in [0.29, 0.717) is 13.0 Å². The molecule has 1 rings (SSSR count). The van der Waals surface area contributed by atoms with Crippen molar-refractivity contribution >= 4 is 0 Å². The highest BCUT2D eigenvalue weighted by atomic mass is 16.6. The lowest BCUT2D eigenvalue weighted by Gasteiger charge is -2.26. The average Bonchev–Trinajstić information content (AvgIpc) is 1.88. The van der Waals surface area contributed by atoms with Crippen molar-refractivity contribution in [1.29, 1.82) is 0 Å². The van der Waals surface area contributed by atoms with E-state index in [-0.39, 0.29) is 12.5 Å². The van der Waals surface area contributed by atoms with Gasteiger partial charge in [0.25, 0.3) is 0 Å². The van der Waals surface area contributed by atoms with Gasteiger partial charge in [0.15, 0.2) is 6.29 Å². The van der Waals surface area contributed by atoms with Crippen LogP contribution >= 0.6 is 0 Å². The third-order valence-corrected chi connectivity index (χ3v) is 1.72. The first-order valence-corrected chi connectivity index (χ1v) is 3.32. The lowest BCUT2D eigenvalue weighted by atomic mass is 9.97. The third kappa shape index (κ3) is 1.56. The van der Waals surface area contributed by atoms with E-state index < -0.39 is 6.29 Å². The predicted octanol–water partition coefficient (Wildman–Crippen LogP) is -0.110. The standard InChI is InChI=1S/C7H12O3/c1-5-2-7(9)10-4-6(5)3-8/h6-9H,1-4H2/t6-,7-/m0/s1. The van der Waals surface area contributed by atoms with Gasteiger partial charge in [0.1, 0.15) is 0 Å². The molecule has 58 valence electrons. The average molecular weight is 144 g/mol. The molecule has 2 atom stereocenters. The predicted molar refractivity (Wildman–Crippen MR) is 36.3 cm³/mol. The van der Waals surface area contributed by atoms with E-state index in [1.807, 2.05) is 0 Å². The Morgan fingerprint density at radius 3 is 2.90 bits per heavy atom. The van der Waals surface area contributed by atoms with Gasteiger partial charge in [0.05, 0.1) is 13.2 Å². The molecule has 0 spiro atoms. The first-order valence-electron chi connectivity index (χ1n) is 3.32. The van der Waals surface area contributed by atoms with Crippen LogP contribution in [0.15, 0.2) is 12.2 Å². The van der Waals surface area contributed by atoms with Gasteiger partial charge in [-0.25, -0.2) is 0 Å². The van der Waals surface area contributed by atoms with Crippen LogP contribution < -0.4 is 0 Å². The van der Waals surface area contributed by atoms with Crippen molar-refractivity contribution in [2.24, 2.45) is 5.92 Å². The van der Waals surface area contributed by atoms with Crippen molar-refractivity contribution in [3.63, 3.8) is 0 Å². The van der Waals surface area contributed by atoms with E-state index in [9.17, 15) is 0 Å². The summed E-state index contributed by atoms with van der Waals surface area (Å²) < 4.78 is 4.89. The van der Waals surface area contributed by atoms with Crippen LogP contribution in [0.5, 0.6) is 0 Å². The Kier molecular flexibility index (Phi) is 2.43. The van der Waals surface area contributed by atoms with Gasteiger partial charge in [0.2, 0.25) is 0 Å². The monoisotopic (exact) mass is 144 g/mol. The maximum atomic E-state index is 8.93.